The van der Waals surface area contributed by atoms with Crippen LogP contribution in [0.3, 0.4) is 0 Å². The highest BCUT2D eigenvalue weighted by Gasteiger charge is 2.54. The summed E-state index contributed by atoms with van der Waals surface area (Å²) in [6.45, 7) is 4.09. The Kier molecular flexibility index (Phi) is 4.71. The Morgan fingerprint density at radius 2 is 1.55 bits per heavy atom. The van der Waals surface area contributed by atoms with Crippen LogP contribution >= 0.6 is 0 Å². The van der Waals surface area contributed by atoms with E-state index in [1.54, 1.807) is 0 Å². The first kappa shape index (κ1) is 15.3. The van der Waals surface area contributed by atoms with Crippen LogP contribution in [0.1, 0.15) is 52.4 Å². The van der Waals surface area contributed by atoms with Crippen LogP contribution in [0.25, 0.3) is 0 Å². The van der Waals surface area contributed by atoms with Gasteiger partial charge >= 0.3 is 11.9 Å². The number of carboxylic acid groups (broad SMARTS) is 2. The summed E-state index contributed by atoms with van der Waals surface area (Å²) in [5, 5.41) is 19.1. The average molecular weight is 282 g/mol. The van der Waals surface area contributed by atoms with Crippen molar-refractivity contribution in [1.82, 2.24) is 0 Å². The van der Waals surface area contributed by atoms with Gasteiger partial charge in [-0.25, -0.2) is 0 Å². The van der Waals surface area contributed by atoms with E-state index in [4.69, 9.17) is 0 Å². The molecule has 2 aliphatic rings. The summed E-state index contributed by atoms with van der Waals surface area (Å²) in [5.74, 6) is -2.42. The van der Waals surface area contributed by atoms with E-state index in [0.717, 1.165) is 38.5 Å². The van der Waals surface area contributed by atoms with Gasteiger partial charge in [-0.2, -0.15) is 0 Å². The molecular weight excluding hydrogens is 256 g/mol. The van der Waals surface area contributed by atoms with Crippen molar-refractivity contribution in [3.05, 3.63) is 0 Å². The zero-order valence-electron chi connectivity index (χ0n) is 12.4. The second kappa shape index (κ2) is 6.15. The van der Waals surface area contributed by atoms with Gasteiger partial charge in [0.25, 0.3) is 0 Å². The molecule has 2 N–H and O–H groups in total. The quantitative estimate of drug-likeness (QED) is 0.830. The molecule has 0 aromatic heterocycles. The van der Waals surface area contributed by atoms with Gasteiger partial charge in [-0.15, -0.1) is 0 Å². The highest BCUT2D eigenvalue weighted by atomic mass is 16.4. The summed E-state index contributed by atoms with van der Waals surface area (Å²) in [6.07, 6.45) is 6.25. The molecule has 2 fully saturated rings. The fourth-order valence-electron chi connectivity index (χ4n) is 4.94. The topological polar surface area (TPSA) is 74.6 Å². The molecule has 0 spiro atoms. The predicted octanol–water partition coefficient (Wildman–Crippen LogP) is 3.26. The Hall–Kier alpha value is -1.06. The Bertz CT molecular complexity index is 377. The van der Waals surface area contributed by atoms with Crippen molar-refractivity contribution in [3.8, 4) is 0 Å². The van der Waals surface area contributed by atoms with Crippen molar-refractivity contribution >= 4 is 11.9 Å². The molecule has 4 nitrogen and oxygen atoms in total. The van der Waals surface area contributed by atoms with Crippen LogP contribution in [0.2, 0.25) is 0 Å². The van der Waals surface area contributed by atoms with Crippen LogP contribution in [-0.2, 0) is 9.59 Å². The third-order valence-electron chi connectivity index (χ3n) is 5.71. The third-order valence-corrected chi connectivity index (χ3v) is 5.71. The number of aliphatic carboxylic acids is 2. The predicted molar refractivity (Wildman–Crippen MR) is 75.3 cm³/mol. The summed E-state index contributed by atoms with van der Waals surface area (Å²) < 4.78 is 0. The molecule has 0 saturated heterocycles. The highest BCUT2D eigenvalue weighted by molar-refractivity contribution is 5.81. The monoisotopic (exact) mass is 282 g/mol. The molecule has 20 heavy (non-hydrogen) atoms. The molecule has 0 aromatic carbocycles. The molecule has 0 heterocycles. The number of carbonyl (C=O) groups is 2. The average Bonchev–Trinajstić information content (AvgIpc) is 2.40. The van der Waals surface area contributed by atoms with Crippen LogP contribution in [0, 0.1) is 35.5 Å². The Balaban J connectivity index is 2.36. The van der Waals surface area contributed by atoms with Crippen LogP contribution in [-0.4, -0.2) is 22.2 Å². The van der Waals surface area contributed by atoms with Gasteiger partial charge < -0.3 is 10.2 Å². The van der Waals surface area contributed by atoms with E-state index in [-0.39, 0.29) is 11.8 Å². The van der Waals surface area contributed by atoms with Gasteiger partial charge in [0.05, 0.1) is 11.8 Å². The third kappa shape index (κ3) is 2.57. The number of hydrogen-bond acceptors (Lipinski definition) is 2. The number of rotatable bonds is 4. The van der Waals surface area contributed by atoms with Gasteiger partial charge in [0.15, 0.2) is 0 Å². The van der Waals surface area contributed by atoms with Crippen LogP contribution in [0.5, 0.6) is 0 Å². The van der Waals surface area contributed by atoms with Crippen molar-refractivity contribution in [2.45, 2.75) is 52.4 Å². The van der Waals surface area contributed by atoms with Crippen molar-refractivity contribution in [2.24, 2.45) is 35.5 Å². The largest absolute Gasteiger partial charge is 0.481 e. The molecule has 4 heteroatoms. The van der Waals surface area contributed by atoms with Gasteiger partial charge in [-0.3, -0.25) is 9.59 Å². The Labute approximate surface area is 120 Å². The maximum absolute atomic E-state index is 11.7. The molecule has 2 saturated carbocycles. The lowest BCUT2D eigenvalue weighted by molar-refractivity contribution is -0.169. The van der Waals surface area contributed by atoms with Crippen LogP contribution in [0.4, 0.5) is 0 Å². The molecule has 2 rings (SSSR count). The maximum atomic E-state index is 11.7. The highest BCUT2D eigenvalue weighted by Crippen LogP contribution is 2.53. The normalized spacial score (nSPS) is 40.9. The molecule has 0 aromatic rings. The Morgan fingerprint density at radius 1 is 1.00 bits per heavy atom. The molecule has 0 radical (unpaired) electrons. The maximum Gasteiger partial charge on any atom is 0.307 e. The van der Waals surface area contributed by atoms with Crippen molar-refractivity contribution in [1.29, 1.82) is 0 Å². The van der Waals surface area contributed by atoms with Crippen LogP contribution < -0.4 is 0 Å². The van der Waals surface area contributed by atoms with E-state index >= 15 is 0 Å². The van der Waals surface area contributed by atoms with Crippen molar-refractivity contribution < 1.29 is 19.8 Å². The SMILES string of the molecule is CCCC1C(C)C(C(=O)O)C(C(=O)O)C2CCCCC12. The molecule has 0 aliphatic heterocycles. The summed E-state index contributed by atoms with van der Waals surface area (Å²) in [7, 11) is 0. The van der Waals surface area contributed by atoms with Gasteiger partial charge in [0.1, 0.15) is 0 Å². The first-order valence-corrected chi connectivity index (χ1v) is 7.94. The molecule has 0 bridgehead atoms. The molecule has 114 valence electrons. The van der Waals surface area contributed by atoms with E-state index < -0.39 is 23.8 Å². The van der Waals surface area contributed by atoms with Crippen molar-refractivity contribution in [2.75, 3.05) is 0 Å². The summed E-state index contributed by atoms with van der Waals surface area (Å²) >= 11 is 0. The molecule has 2 aliphatic carbocycles. The van der Waals surface area contributed by atoms with E-state index in [1.807, 2.05) is 6.92 Å². The minimum atomic E-state index is -0.921. The summed E-state index contributed by atoms with van der Waals surface area (Å²) in [5.41, 5.74) is 0. The van der Waals surface area contributed by atoms with Crippen LogP contribution in [0.15, 0.2) is 0 Å². The zero-order chi connectivity index (χ0) is 14.9. The summed E-state index contributed by atoms with van der Waals surface area (Å²) in [4.78, 5) is 23.3. The second-order valence-corrected chi connectivity index (χ2v) is 6.65. The molecular formula is C16H26O4. The number of hydrogen-bond donors (Lipinski definition) is 2. The number of carboxylic acids is 2. The van der Waals surface area contributed by atoms with Gasteiger partial charge in [-0.05, 0) is 36.5 Å². The standard InChI is InChI=1S/C16H26O4/c1-3-6-10-9(2)13(15(17)18)14(16(19)20)12-8-5-4-7-11(10)12/h9-14H,3-8H2,1-2H3,(H,17,18)(H,19,20). The molecule has 0 amide bonds. The fraction of sp³-hybridized carbons (Fsp3) is 0.875. The lowest BCUT2D eigenvalue weighted by atomic mass is 9.53. The fourth-order valence-corrected chi connectivity index (χ4v) is 4.94. The van der Waals surface area contributed by atoms with E-state index in [1.165, 1.54) is 0 Å². The van der Waals surface area contributed by atoms with Gasteiger partial charge in [0, 0.05) is 0 Å². The molecule has 6 unspecified atom stereocenters. The minimum absolute atomic E-state index is 0.0344. The summed E-state index contributed by atoms with van der Waals surface area (Å²) in [6, 6.07) is 0. The first-order chi connectivity index (χ1) is 9.49. The second-order valence-electron chi connectivity index (χ2n) is 6.65. The number of fused-ring (bicyclic) bond motifs is 1. The van der Waals surface area contributed by atoms with E-state index in [0.29, 0.717) is 11.8 Å². The van der Waals surface area contributed by atoms with E-state index in [2.05, 4.69) is 6.92 Å². The lowest BCUT2D eigenvalue weighted by Gasteiger charge is -2.50. The zero-order valence-corrected chi connectivity index (χ0v) is 12.4. The van der Waals surface area contributed by atoms with Gasteiger partial charge in [-0.1, -0.05) is 39.5 Å². The lowest BCUT2D eigenvalue weighted by Crippen LogP contribution is -2.52. The minimum Gasteiger partial charge on any atom is -0.481 e. The smallest absolute Gasteiger partial charge is 0.307 e. The van der Waals surface area contributed by atoms with Crippen molar-refractivity contribution in [3.63, 3.8) is 0 Å². The molecule has 6 atom stereocenters. The Morgan fingerprint density at radius 3 is 2.05 bits per heavy atom. The van der Waals surface area contributed by atoms with Gasteiger partial charge in [0.2, 0.25) is 0 Å². The van der Waals surface area contributed by atoms with E-state index in [9.17, 15) is 19.8 Å². The first-order valence-electron chi connectivity index (χ1n) is 7.94.